The number of nitrogens with one attached hydrogen (secondary N) is 2. The van der Waals surface area contributed by atoms with Gasteiger partial charge in [-0.05, 0) is 44.9 Å². The first-order valence-electron chi connectivity index (χ1n) is 9.08. The second-order valence-corrected chi connectivity index (χ2v) is 11.4. The van der Waals surface area contributed by atoms with Crippen molar-refractivity contribution in [3.63, 3.8) is 0 Å². The summed E-state index contributed by atoms with van der Waals surface area (Å²) in [6, 6.07) is 6.53. The van der Waals surface area contributed by atoms with E-state index in [2.05, 4.69) is 15.6 Å². The first-order valence-corrected chi connectivity index (χ1v) is 12.6. The molecule has 1 aromatic carbocycles. The fourth-order valence-electron chi connectivity index (χ4n) is 2.30. The van der Waals surface area contributed by atoms with E-state index in [1.54, 1.807) is 38.4 Å². The maximum absolute atomic E-state index is 12.5. The van der Waals surface area contributed by atoms with Gasteiger partial charge in [-0.3, -0.25) is 4.99 Å². The molecule has 0 saturated carbocycles. The van der Waals surface area contributed by atoms with Gasteiger partial charge in [-0.2, -0.15) is 4.31 Å². The molecule has 0 aromatic heterocycles. The Morgan fingerprint density at radius 2 is 1.68 bits per heavy atom. The predicted octanol–water partition coefficient (Wildman–Crippen LogP) is 1.20. The molecule has 0 bridgehead atoms. The van der Waals surface area contributed by atoms with Crippen LogP contribution in [0.25, 0.3) is 0 Å². The summed E-state index contributed by atoms with van der Waals surface area (Å²) >= 11 is 0. The van der Waals surface area contributed by atoms with Gasteiger partial charge < -0.3 is 10.6 Å². The lowest BCUT2D eigenvalue weighted by molar-refractivity contribution is 0.410. The molecule has 0 aliphatic heterocycles. The van der Waals surface area contributed by atoms with Crippen molar-refractivity contribution in [2.75, 3.05) is 26.1 Å². The van der Waals surface area contributed by atoms with E-state index in [9.17, 15) is 16.8 Å². The van der Waals surface area contributed by atoms with Gasteiger partial charge in [0.05, 0.1) is 10.6 Å². The number of nitrogens with zero attached hydrogens (tertiary/aromatic N) is 2. The lowest BCUT2D eigenvalue weighted by atomic mass is 10.2. The third kappa shape index (κ3) is 7.76. The number of aliphatic imine (C=N–C) groups is 1. The minimum atomic E-state index is -3.50. The van der Waals surface area contributed by atoms with E-state index in [1.165, 1.54) is 10.6 Å². The van der Waals surface area contributed by atoms with Gasteiger partial charge in [0.15, 0.2) is 5.96 Å². The lowest BCUT2D eigenvalue weighted by Gasteiger charge is -2.21. The molecule has 1 rings (SSSR count). The zero-order valence-corrected chi connectivity index (χ0v) is 19.1. The molecule has 2 N–H and O–H groups in total. The number of guanidine groups is 1. The first-order chi connectivity index (χ1) is 12.9. The first kappa shape index (κ1) is 24.4. The van der Waals surface area contributed by atoms with Crippen LogP contribution in [-0.2, 0) is 26.4 Å². The van der Waals surface area contributed by atoms with Crippen LogP contribution in [0.4, 0.5) is 0 Å². The zero-order valence-electron chi connectivity index (χ0n) is 17.4. The van der Waals surface area contributed by atoms with Crippen molar-refractivity contribution in [1.29, 1.82) is 0 Å². The van der Waals surface area contributed by atoms with Crippen molar-refractivity contribution >= 4 is 25.8 Å². The monoisotopic (exact) mass is 432 g/mol. The van der Waals surface area contributed by atoms with Crippen LogP contribution in [0, 0.1) is 0 Å². The molecule has 8 nitrogen and oxygen atoms in total. The smallest absolute Gasteiger partial charge is 0.243 e. The molecule has 0 saturated heterocycles. The maximum Gasteiger partial charge on any atom is 0.243 e. The molecule has 0 aliphatic rings. The van der Waals surface area contributed by atoms with Crippen LogP contribution < -0.4 is 10.6 Å². The largest absolute Gasteiger partial charge is 0.354 e. The van der Waals surface area contributed by atoms with Crippen LogP contribution in [0.5, 0.6) is 0 Å². The van der Waals surface area contributed by atoms with Gasteiger partial charge in [-0.1, -0.05) is 12.1 Å². The van der Waals surface area contributed by atoms with Crippen LogP contribution in [0.15, 0.2) is 34.2 Å². The number of hydrogen-bond donors (Lipinski definition) is 2. The molecule has 1 unspecified atom stereocenters. The maximum atomic E-state index is 12.5. The Labute approximate surface area is 169 Å². The number of rotatable bonds is 9. The van der Waals surface area contributed by atoms with Crippen molar-refractivity contribution in [3.05, 3.63) is 29.8 Å². The molecule has 0 amide bonds. The van der Waals surface area contributed by atoms with Crippen molar-refractivity contribution in [2.24, 2.45) is 4.99 Å². The fraction of sp³-hybridized carbons (Fsp3) is 0.611. The van der Waals surface area contributed by atoms with Gasteiger partial charge >= 0.3 is 0 Å². The molecular weight excluding hydrogens is 400 g/mol. The highest BCUT2D eigenvalue weighted by atomic mass is 32.2. The van der Waals surface area contributed by atoms with E-state index in [4.69, 9.17) is 0 Å². The summed E-state index contributed by atoms with van der Waals surface area (Å²) < 4.78 is 48.8. The van der Waals surface area contributed by atoms with E-state index in [-0.39, 0.29) is 22.7 Å². The average Bonchev–Trinajstić information content (AvgIpc) is 2.62. The van der Waals surface area contributed by atoms with Gasteiger partial charge in [-0.15, -0.1) is 0 Å². The minimum Gasteiger partial charge on any atom is -0.354 e. The lowest BCUT2D eigenvalue weighted by Crippen LogP contribution is -2.42. The number of sulfonamides is 1. The molecule has 1 aromatic rings. The van der Waals surface area contributed by atoms with E-state index < -0.39 is 19.9 Å². The third-order valence-corrected chi connectivity index (χ3v) is 7.34. The minimum absolute atomic E-state index is 0.0555. The average molecular weight is 433 g/mol. The fourth-order valence-corrected chi connectivity index (χ4v) is 4.45. The van der Waals surface area contributed by atoms with Gasteiger partial charge in [0.1, 0.15) is 9.84 Å². The van der Waals surface area contributed by atoms with E-state index in [0.717, 1.165) is 5.56 Å². The number of benzene rings is 1. The molecule has 28 heavy (non-hydrogen) atoms. The van der Waals surface area contributed by atoms with Crippen LogP contribution >= 0.6 is 0 Å². The second-order valence-electron chi connectivity index (χ2n) is 7.15. The Bertz CT molecular complexity index is 863. The highest BCUT2D eigenvalue weighted by Crippen LogP contribution is 2.17. The Morgan fingerprint density at radius 1 is 1.11 bits per heavy atom. The molecule has 0 heterocycles. The quantitative estimate of drug-likeness (QED) is 0.448. The normalized spacial score (nSPS) is 14.4. The van der Waals surface area contributed by atoms with Crippen LogP contribution in [-0.4, -0.2) is 65.3 Å². The third-order valence-electron chi connectivity index (χ3n) is 4.32. The predicted molar refractivity (Wildman–Crippen MR) is 114 cm³/mol. The summed E-state index contributed by atoms with van der Waals surface area (Å²) in [4.78, 5) is 4.38. The summed E-state index contributed by atoms with van der Waals surface area (Å²) in [6.45, 7) is 6.00. The Hall–Kier alpha value is -1.65. The molecular formula is C18H32N4O4S2. The second kappa shape index (κ2) is 10.2. The Kier molecular flexibility index (Phi) is 8.90. The summed E-state index contributed by atoms with van der Waals surface area (Å²) in [5, 5.41) is 6.29. The topological polar surface area (TPSA) is 108 Å². The highest BCUT2D eigenvalue weighted by Gasteiger charge is 2.22. The molecule has 10 heteroatoms. The summed E-state index contributed by atoms with van der Waals surface area (Å²) in [7, 11) is -3.29. The number of sulfone groups is 1. The van der Waals surface area contributed by atoms with Gasteiger partial charge in [-0.25, -0.2) is 16.8 Å². The van der Waals surface area contributed by atoms with Crippen LogP contribution in [0.1, 0.15) is 32.8 Å². The van der Waals surface area contributed by atoms with Gasteiger partial charge in [0.25, 0.3) is 0 Å². The van der Waals surface area contributed by atoms with Crippen molar-refractivity contribution in [1.82, 2.24) is 14.9 Å². The zero-order chi connectivity index (χ0) is 21.5. The van der Waals surface area contributed by atoms with E-state index in [0.29, 0.717) is 18.9 Å². The standard InChI is InChI=1S/C18H32N4O4S2/c1-14(2)22(5)28(25,26)17-9-7-16(8-10-17)13-20-18(19-4)21-15(3)11-12-27(6,23)24/h7-10,14-15H,11-13H2,1-6H3,(H2,19,20,21). The van der Waals surface area contributed by atoms with Crippen molar-refractivity contribution in [2.45, 2.75) is 50.7 Å². The molecule has 0 aliphatic carbocycles. The molecule has 1 atom stereocenters. The van der Waals surface area contributed by atoms with Crippen LogP contribution in [0.3, 0.4) is 0 Å². The van der Waals surface area contributed by atoms with Gasteiger partial charge in [0, 0.05) is 39.0 Å². The van der Waals surface area contributed by atoms with E-state index in [1.807, 2.05) is 20.8 Å². The van der Waals surface area contributed by atoms with Crippen LogP contribution in [0.2, 0.25) is 0 Å². The summed E-state index contributed by atoms with van der Waals surface area (Å²) in [6.07, 6.45) is 1.70. The molecule has 0 radical (unpaired) electrons. The molecule has 160 valence electrons. The molecule has 0 fully saturated rings. The van der Waals surface area contributed by atoms with E-state index >= 15 is 0 Å². The van der Waals surface area contributed by atoms with Gasteiger partial charge in [0.2, 0.25) is 10.0 Å². The highest BCUT2D eigenvalue weighted by molar-refractivity contribution is 7.90. The summed E-state index contributed by atoms with van der Waals surface area (Å²) in [5.41, 5.74) is 0.901. The Balaban J connectivity index is 2.67. The molecule has 0 spiro atoms. The summed E-state index contributed by atoms with van der Waals surface area (Å²) in [5.74, 6) is 0.663. The number of hydrogen-bond acceptors (Lipinski definition) is 5. The Morgan fingerprint density at radius 3 is 2.14 bits per heavy atom. The van der Waals surface area contributed by atoms with Crippen molar-refractivity contribution in [3.8, 4) is 0 Å². The van der Waals surface area contributed by atoms with Crippen molar-refractivity contribution < 1.29 is 16.8 Å². The SMILES string of the molecule is CN=C(NCc1ccc(S(=O)(=O)N(C)C(C)C)cc1)NC(C)CCS(C)(=O)=O.